The minimum absolute atomic E-state index is 0.203. The highest BCUT2D eigenvalue weighted by Crippen LogP contribution is 2.35. The van der Waals surface area contributed by atoms with E-state index in [1.54, 1.807) is 0 Å². The summed E-state index contributed by atoms with van der Waals surface area (Å²) in [5.74, 6) is 1.64. The van der Waals surface area contributed by atoms with Crippen LogP contribution in [-0.2, 0) is 0 Å². The SMILES string of the molecule is C=CCCNC1(CN)CCC(C)C(C)C1. The van der Waals surface area contributed by atoms with Crippen LogP contribution < -0.4 is 11.1 Å². The maximum Gasteiger partial charge on any atom is 0.0306 e. The van der Waals surface area contributed by atoms with Crippen molar-refractivity contribution in [2.45, 2.75) is 45.1 Å². The Morgan fingerprint density at radius 3 is 2.73 bits per heavy atom. The predicted octanol–water partition coefficient (Wildman–Crippen LogP) is 2.31. The summed E-state index contributed by atoms with van der Waals surface area (Å²) in [5, 5.41) is 3.64. The fraction of sp³-hybridized carbons (Fsp3) is 0.846. The van der Waals surface area contributed by atoms with Crippen LogP contribution in [0, 0.1) is 11.8 Å². The Hall–Kier alpha value is -0.340. The summed E-state index contributed by atoms with van der Waals surface area (Å²) in [6.07, 6.45) is 6.76. The minimum atomic E-state index is 0.203. The minimum Gasteiger partial charge on any atom is -0.329 e. The molecule has 0 aliphatic heterocycles. The van der Waals surface area contributed by atoms with Crippen molar-refractivity contribution in [3.63, 3.8) is 0 Å². The molecule has 0 amide bonds. The van der Waals surface area contributed by atoms with E-state index < -0.39 is 0 Å². The van der Waals surface area contributed by atoms with Gasteiger partial charge in [-0.3, -0.25) is 0 Å². The molecule has 1 aliphatic rings. The van der Waals surface area contributed by atoms with Crippen molar-refractivity contribution in [3.8, 4) is 0 Å². The molecule has 3 unspecified atom stereocenters. The van der Waals surface area contributed by atoms with Gasteiger partial charge >= 0.3 is 0 Å². The molecule has 0 aromatic heterocycles. The zero-order valence-electron chi connectivity index (χ0n) is 10.3. The monoisotopic (exact) mass is 210 g/mol. The second-order valence-corrected chi connectivity index (χ2v) is 5.19. The zero-order chi connectivity index (χ0) is 11.3. The van der Waals surface area contributed by atoms with E-state index in [-0.39, 0.29) is 5.54 Å². The smallest absolute Gasteiger partial charge is 0.0306 e. The Kier molecular flexibility index (Phi) is 4.81. The van der Waals surface area contributed by atoms with Gasteiger partial charge in [-0.15, -0.1) is 6.58 Å². The highest BCUT2D eigenvalue weighted by Gasteiger charge is 2.35. The summed E-state index contributed by atoms with van der Waals surface area (Å²) >= 11 is 0. The molecule has 3 N–H and O–H groups in total. The van der Waals surface area contributed by atoms with Gasteiger partial charge in [0.25, 0.3) is 0 Å². The van der Waals surface area contributed by atoms with E-state index in [1.807, 2.05) is 6.08 Å². The first-order chi connectivity index (χ1) is 7.13. The third-order valence-electron chi connectivity index (χ3n) is 4.00. The summed E-state index contributed by atoms with van der Waals surface area (Å²) in [5.41, 5.74) is 6.14. The highest BCUT2D eigenvalue weighted by molar-refractivity contribution is 4.95. The summed E-state index contributed by atoms with van der Waals surface area (Å²) in [7, 11) is 0. The lowest BCUT2D eigenvalue weighted by Crippen LogP contribution is -2.55. The Labute approximate surface area is 94.3 Å². The van der Waals surface area contributed by atoms with Crippen molar-refractivity contribution in [1.29, 1.82) is 0 Å². The number of nitrogens with one attached hydrogen (secondary N) is 1. The second kappa shape index (κ2) is 5.66. The maximum atomic E-state index is 5.94. The molecule has 0 bridgehead atoms. The molecule has 15 heavy (non-hydrogen) atoms. The normalized spacial score (nSPS) is 36.5. The van der Waals surface area contributed by atoms with E-state index >= 15 is 0 Å². The first-order valence-electron chi connectivity index (χ1n) is 6.19. The lowest BCUT2D eigenvalue weighted by molar-refractivity contribution is 0.147. The van der Waals surface area contributed by atoms with Gasteiger partial charge in [0.15, 0.2) is 0 Å². The molecule has 3 atom stereocenters. The van der Waals surface area contributed by atoms with Crippen LogP contribution in [0.25, 0.3) is 0 Å². The molecule has 1 saturated carbocycles. The van der Waals surface area contributed by atoms with Gasteiger partial charge < -0.3 is 11.1 Å². The second-order valence-electron chi connectivity index (χ2n) is 5.19. The molecular weight excluding hydrogens is 184 g/mol. The fourth-order valence-corrected chi connectivity index (χ4v) is 2.57. The van der Waals surface area contributed by atoms with Gasteiger partial charge in [0, 0.05) is 12.1 Å². The molecule has 0 spiro atoms. The Balaban J connectivity index is 2.49. The topological polar surface area (TPSA) is 38.0 Å². The highest BCUT2D eigenvalue weighted by atomic mass is 15.0. The summed E-state index contributed by atoms with van der Waals surface area (Å²) in [4.78, 5) is 0. The number of rotatable bonds is 5. The van der Waals surface area contributed by atoms with E-state index in [9.17, 15) is 0 Å². The summed E-state index contributed by atoms with van der Waals surface area (Å²) < 4.78 is 0. The van der Waals surface area contributed by atoms with Crippen LogP contribution in [0.3, 0.4) is 0 Å². The van der Waals surface area contributed by atoms with Crippen LogP contribution in [0.15, 0.2) is 12.7 Å². The van der Waals surface area contributed by atoms with Crippen molar-refractivity contribution < 1.29 is 0 Å². The lowest BCUT2D eigenvalue weighted by atomic mass is 9.71. The number of hydrogen-bond donors (Lipinski definition) is 2. The molecule has 0 heterocycles. The van der Waals surface area contributed by atoms with Gasteiger partial charge in [-0.1, -0.05) is 19.9 Å². The summed E-state index contributed by atoms with van der Waals surface area (Å²) in [6, 6.07) is 0. The van der Waals surface area contributed by atoms with Crippen LogP contribution >= 0.6 is 0 Å². The molecule has 0 saturated heterocycles. The summed E-state index contributed by atoms with van der Waals surface area (Å²) in [6.45, 7) is 10.2. The molecule has 1 rings (SSSR count). The van der Waals surface area contributed by atoms with E-state index in [0.29, 0.717) is 0 Å². The van der Waals surface area contributed by atoms with E-state index in [0.717, 1.165) is 31.3 Å². The third kappa shape index (κ3) is 3.32. The number of hydrogen-bond acceptors (Lipinski definition) is 2. The van der Waals surface area contributed by atoms with E-state index in [4.69, 9.17) is 5.73 Å². The Morgan fingerprint density at radius 1 is 1.47 bits per heavy atom. The van der Waals surface area contributed by atoms with Crippen LogP contribution in [0.1, 0.15) is 39.5 Å². The lowest BCUT2D eigenvalue weighted by Gasteiger charge is -2.43. The Morgan fingerprint density at radius 2 is 2.20 bits per heavy atom. The van der Waals surface area contributed by atoms with Crippen LogP contribution in [-0.4, -0.2) is 18.6 Å². The van der Waals surface area contributed by atoms with E-state index in [2.05, 4.69) is 25.7 Å². The quantitative estimate of drug-likeness (QED) is 0.540. The van der Waals surface area contributed by atoms with Crippen molar-refractivity contribution >= 4 is 0 Å². The standard InChI is InChI=1S/C13H26N2/c1-4-5-8-15-13(10-14)7-6-11(2)12(3)9-13/h4,11-12,15H,1,5-10,14H2,2-3H3. The molecule has 1 fully saturated rings. The van der Waals surface area contributed by atoms with Gasteiger partial charge in [-0.05, 0) is 44.1 Å². The fourth-order valence-electron chi connectivity index (χ4n) is 2.57. The van der Waals surface area contributed by atoms with Crippen molar-refractivity contribution in [2.24, 2.45) is 17.6 Å². The first-order valence-corrected chi connectivity index (χ1v) is 6.19. The molecule has 2 heteroatoms. The van der Waals surface area contributed by atoms with Crippen molar-refractivity contribution in [1.82, 2.24) is 5.32 Å². The van der Waals surface area contributed by atoms with Crippen LogP contribution in [0.2, 0.25) is 0 Å². The molecular formula is C13H26N2. The number of nitrogens with two attached hydrogens (primary N) is 1. The zero-order valence-corrected chi connectivity index (χ0v) is 10.3. The van der Waals surface area contributed by atoms with Crippen molar-refractivity contribution in [2.75, 3.05) is 13.1 Å². The molecule has 0 radical (unpaired) electrons. The first kappa shape index (κ1) is 12.7. The molecule has 1 aliphatic carbocycles. The molecule has 0 aromatic carbocycles. The predicted molar refractivity (Wildman–Crippen MR) is 66.8 cm³/mol. The van der Waals surface area contributed by atoms with Gasteiger partial charge in [-0.2, -0.15) is 0 Å². The average Bonchev–Trinajstić information content (AvgIpc) is 2.24. The van der Waals surface area contributed by atoms with Gasteiger partial charge in [0.2, 0.25) is 0 Å². The van der Waals surface area contributed by atoms with Gasteiger partial charge in [0.1, 0.15) is 0 Å². The van der Waals surface area contributed by atoms with Gasteiger partial charge in [-0.25, -0.2) is 0 Å². The van der Waals surface area contributed by atoms with Gasteiger partial charge in [0.05, 0.1) is 0 Å². The third-order valence-corrected chi connectivity index (χ3v) is 4.00. The molecule has 88 valence electrons. The van der Waals surface area contributed by atoms with Crippen molar-refractivity contribution in [3.05, 3.63) is 12.7 Å². The largest absolute Gasteiger partial charge is 0.329 e. The molecule has 0 aromatic rings. The Bertz CT molecular complexity index is 203. The molecule has 2 nitrogen and oxygen atoms in total. The van der Waals surface area contributed by atoms with Crippen LogP contribution in [0.5, 0.6) is 0 Å². The van der Waals surface area contributed by atoms with Crippen LogP contribution in [0.4, 0.5) is 0 Å². The van der Waals surface area contributed by atoms with E-state index in [1.165, 1.54) is 19.3 Å². The average molecular weight is 210 g/mol. The maximum absolute atomic E-state index is 5.94.